The van der Waals surface area contributed by atoms with E-state index in [0.29, 0.717) is 0 Å². The molecule has 1 aromatic heterocycles. The van der Waals surface area contributed by atoms with Crippen molar-refractivity contribution in [3.63, 3.8) is 0 Å². The van der Waals surface area contributed by atoms with Gasteiger partial charge in [-0.1, -0.05) is 6.92 Å². The Kier molecular flexibility index (Phi) is 2.09. The number of fused-ring (bicyclic) bond motifs is 1. The molecular weight excluding hydrogens is 148 g/mol. The standard InChI is InChI=1S/C10H14N2/c1-2-8-3-6-12-10-4-5-11-7-9(8)10/h3,6,11H,2,4-5,7H2,1H3. The molecule has 1 aromatic rings. The Bertz CT molecular complexity index is 267. The van der Waals surface area contributed by atoms with Crippen LogP contribution in [-0.4, -0.2) is 11.5 Å². The lowest BCUT2D eigenvalue weighted by Crippen LogP contribution is -2.25. The quantitative estimate of drug-likeness (QED) is 0.673. The van der Waals surface area contributed by atoms with Crippen LogP contribution in [-0.2, 0) is 19.4 Å². The van der Waals surface area contributed by atoms with Crippen LogP contribution in [0.3, 0.4) is 0 Å². The van der Waals surface area contributed by atoms with Gasteiger partial charge >= 0.3 is 0 Å². The Morgan fingerprint density at radius 1 is 1.58 bits per heavy atom. The van der Waals surface area contributed by atoms with Gasteiger partial charge in [-0.25, -0.2) is 0 Å². The van der Waals surface area contributed by atoms with Crippen molar-refractivity contribution >= 4 is 0 Å². The molecule has 0 saturated heterocycles. The van der Waals surface area contributed by atoms with Gasteiger partial charge in [-0.3, -0.25) is 4.98 Å². The molecule has 1 N–H and O–H groups in total. The molecule has 0 saturated carbocycles. The first-order chi connectivity index (χ1) is 5.92. The van der Waals surface area contributed by atoms with Crippen molar-refractivity contribution in [1.82, 2.24) is 10.3 Å². The minimum Gasteiger partial charge on any atom is -0.312 e. The Hall–Kier alpha value is -0.890. The highest BCUT2D eigenvalue weighted by Crippen LogP contribution is 2.16. The summed E-state index contributed by atoms with van der Waals surface area (Å²) in [7, 11) is 0. The Balaban J connectivity index is 2.44. The molecule has 1 aliphatic rings. The zero-order chi connectivity index (χ0) is 8.39. The Morgan fingerprint density at radius 2 is 2.50 bits per heavy atom. The van der Waals surface area contributed by atoms with Crippen LogP contribution in [0.1, 0.15) is 23.7 Å². The fourth-order valence-electron chi connectivity index (χ4n) is 1.76. The molecule has 2 nitrogen and oxygen atoms in total. The van der Waals surface area contributed by atoms with E-state index in [9.17, 15) is 0 Å². The minimum atomic E-state index is 1.01. The largest absolute Gasteiger partial charge is 0.312 e. The van der Waals surface area contributed by atoms with E-state index in [-0.39, 0.29) is 0 Å². The summed E-state index contributed by atoms with van der Waals surface area (Å²) in [6, 6.07) is 2.13. The maximum atomic E-state index is 4.39. The highest BCUT2D eigenvalue weighted by Gasteiger charge is 2.11. The molecule has 0 radical (unpaired) electrons. The lowest BCUT2D eigenvalue weighted by molar-refractivity contribution is 0.624. The molecule has 0 fully saturated rings. The van der Waals surface area contributed by atoms with E-state index >= 15 is 0 Å². The van der Waals surface area contributed by atoms with Gasteiger partial charge in [0.25, 0.3) is 0 Å². The first-order valence-corrected chi connectivity index (χ1v) is 4.58. The molecule has 64 valence electrons. The Morgan fingerprint density at radius 3 is 3.33 bits per heavy atom. The van der Waals surface area contributed by atoms with E-state index < -0.39 is 0 Å². The summed E-state index contributed by atoms with van der Waals surface area (Å²) in [4.78, 5) is 4.39. The maximum Gasteiger partial charge on any atom is 0.0463 e. The van der Waals surface area contributed by atoms with Gasteiger partial charge in [0, 0.05) is 31.4 Å². The van der Waals surface area contributed by atoms with Gasteiger partial charge in [-0.15, -0.1) is 0 Å². The van der Waals surface area contributed by atoms with Crippen LogP contribution >= 0.6 is 0 Å². The van der Waals surface area contributed by atoms with Crippen LogP contribution in [0.25, 0.3) is 0 Å². The molecule has 0 spiro atoms. The zero-order valence-corrected chi connectivity index (χ0v) is 7.43. The number of hydrogen-bond donors (Lipinski definition) is 1. The smallest absolute Gasteiger partial charge is 0.0463 e. The van der Waals surface area contributed by atoms with Crippen molar-refractivity contribution in [2.24, 2.45) is 0 Å². The molecule has 0 atom stereocenters. The molecule has 12 heavy (non-hydrogen) atoms. The second kappa shape index (κ2) is 3.23. The first kappa shape index (κ1) is 7.74. The summed E-state index contributed by atoms with van der Waals surface area (Å²) in [5, 5.41) is 3.38. The van der Waals surface area contributed by atoms with Gasteiger partial charge in [-0.05, 0) is 23.6 Å². The average molecular weight is 162 g/mol. The SMILES string of the molecule is CCc1ccnc2c1CNCC2. The molecule has 2 heteroatoms. The molecule has 0 aliphatic carbocycles. The Labute approximate surface area is 73.0 Å². The summed E-state index contributed by atoms with van der Waals surface area (Å²) < 4.78 is 0. The van der Waals surface area contributed by atoms with E-state index in [2.05, 4.69) is 23.3 Å². The first-order valence-electron chi connectivity index (χ1n) is 4.58. The molecule has 1 aliphatic heterocycles. The predicted octanol–water partition coefficient (Wildman–Crippen LogP) is 1.29. The van der Waals surface area contributed by atoms with Crippen molar-refractivity contribution in [1.29, 1.82) is 0 Å². The van der Waals surface area contributed by atoms with Crippen LogP contribution in [0.5, 0.6) is 0 Å². The fraction of sp³-hybridized carbons (Fsp3) is 0.500. The normalized spacial score (nSPS) is 15.8. The minimum absolute atomic E-state index is 1.01. The summed E-state index contributed by atoms with van der Waals surface area (Å²) in [6.07, 6.45) is 4.14. The van der Waals surface area contributed by atoms with Crippen LogP contribution in [0.2, 0.25) is 0 Å². The summed E-state index contributed by atoms with van der Waals surface area (Å²) >= 11 is 0. The highest BCUT2D eigenvalue weighted by atomic mass is 14.9. The average Bonchev–Trinajstić information content (AvgIpc) is 2.17. The van der Waals surface area contributed by atoms with E-state index in [4.69, 9.17) is 0 Å². The van der Waals surface area contributed by atoms with Gasteiger partial charge < -0.3 is 5.32 Å². The predicted molar refractivity (Wildman–Crippen MR) is 49.0 cm³/mol. The third-order valence-corrected chi connectivity index (χ3v) is 2.46. The number of hydrogen-bond acceptors (Lipinski definition) is 2. The third-order valence-electron chi connectivity index (χ3n) is 2.46. The van der Waals surface area contributed by atoms with Gasteiger partial charge in [0.1, 0.15) is 0 Å². The van der Waals surface area contributed by atoms with E-state index in [1.807, 2.05) is 6.20 Å². The summed E-state index contributed by atoms with van der Waals surface area (Å²) in [6.45, 7) is 4.28. The number of nitrogens with one attached hydrogen (secondary N) is 1. The van der Waals surface area contributed by atoms with Gasteiger partial charge in [0.2, 0.25) is 0 Å². The number of aryl methyl sites for hydroxylation is 1. The maximum absolute atomic E-state index is 4.39. The van der Waals surface area contributed by atoms with Crippen LogP contribution < -0.4 is 5.32 Å². The van der Waals surface area contributed by atoms with Crippen molar-refractivity contribution in [3.05, 3.63) is 29.1 Å². The van der Waals surface area contributed by atoms with Gasteiger partial charge in [0.15, 0.2) is 0 Å². The summed E-state index contributed by atoms with van der Waals surface area (Å²) in [5.41, 5.74) is 4.19. The highest BCUT2D eigenvalue weighted by molar-refractivity contribution is 5.31. The molecule has 0 bridgehead atoms. The van der Waals surface area contributed by atoms with Gasteiger partial charge in [-0.2, -0.15) is 0 Å². The van der Waals surface area contributed by atoms with Crippen molar-refractivity contribution < 1.29 is 0 Å². The number of nitrogens with zero attached hydrogens (tertiary/aromatic N) is 1. The summed E-state index contributed by atoms with van der Waals surface area (Å²) in [5.74, 6) is 0. The second-order valence-corrected chi connectivity index (χ2v) is 3.18. The number of rotatable bonds is 1. The molecule has 2 rings (SSSR count). The van der Waals surface area contributed by atoms with Crippen LogP contribution in [0, 0.1) is 0 Å². The zero-order valence-electron chi connectivity index (χ0n) is 7.43. The van der Waals surface area contributed by atoms with Crippen molar-refractivity contribution in [2.45, 2.75) is 26.3 Å². The lowest BCUT2D eigenvalue weighted by Gasteiger charge is -2.18. The second-order valence-electron chi connectivity index (χ2n) is 3.18. The van der Waals surface area contributed by atoms with Crippen molar-refractivity contribution in [2.75, 3.05) is 6.54 Å². The number of pyridine rings is 1. The molecule has 2 heterocycles. The fourth-order valence-corrected chi connectivity index (χ4v) is 1.76. The topological polar surface area (TPSA) is 24.9 Å². The van der Waals surface area contributed by atoms with Crippen molar-refractivity contribution in [3.8, 4) is 0 Å². The van der Waals surface area contributed by atoms with E-state index in [1.54, 1.807) is 0 Å². The molecule has 0 unspecified atom stereocenters. The molecular formula is C10H14N2. The third kappa shape index (κ3) is 1.23. The van der Waals surface area contributed by atoms with Crippen LogP contribution in [0.15, 0.2) is 12.3 Å². The van der Waals surface area contributed by atoms with Crippen LogP contribution in [0.4, 0.5) is 0 Å². The molecule has 0 amide bonds. The monoisotopic (exact) mass is 162 g/mol. The molecule has 0 aromatic carbocycles. The van der Waals surface area contributed by atoms with Gasteiger partial charge in [0.05, 0.1) is 0 Å². The number of aromatic nitrogens is 1. The lowest BCUT2D eigenvalue weighted by atomic mass is 10.0. The van der Waals surface area contributed by atoms with E-state index in [1.165, 1.54) is 16.8 Å². The van der Waals surface area contributed by atoms with E-state index in [0.717, 1.165) is 25.9 Å².